The van der Waals surface area contributed by atoms with E-state index in [1.54, 1.807) is 0 Å². The van der Waals surface area contributed by atoms with Crippen molar-refractivity contribution in [2.45, 2.75) is 71.5 Å². The van der Waals surface area contributed by atoms with Crippen LogP contribution in [0.25, 0.3) is 0 Å². The summed E-state index contributed by atoms with van der Waals surface area (Å²) in [4.78, 5) is 13.2. The van der Waals surface area contributed by atoms with E-state index in [4.69, 9.17) is 4.43 Å². The number of Topliss-reactive ketones (excluding diaryl/α,β-unsaturated/α-hetero) is 1. The SMILES string of the molecule is C=C[C@H]1C[C@H]2C=C(C)C(=O)C23CCC[C@]13CO[Si](C)(C)C(C)(C)C. The van der Waals surface area contributed by atoms with E-state index >= 15 is 0 Å². The van der Waals surface area contributed by atoms with E-state index in [0.717, 1.165) is 37.9 Å². The number of ketones is 1. The maximum Gasteiger partial charge on any atom is 0.192 e. The smallest absolute Gasteiger partial charge is 0.192 e. The van der Waals surface area contributed by atoms with Crippen LogP contribution in [0.5, 0.6) is 0 Å². The summed E-state index contributed by atoms with van der Waals surface area (Å²) in [6.45, 7) is 18.4. The highest BCUT2D eigenvalue weighted by Gasteiger charge is 2.70. The van der Waals surface area contributed by atoms with E-state index in [-0.39, 0.29) is 15.9 Å². The van der Waals surface area contributed by atoms with Crippen LogP contribution in [0.4, 0.5) is 0 Å². The summed E-state index contributed by atoms with van der Waals surface area (Å²) >= 11 is 0. The lowest BCUT2D eigenvalue weighted by Crippen LogP contribution is -2.50. The molecule has 3 heteroatoms. The number of carbonyl (C=O) groups is 1. The second kappa shape index (κ2) is 5.41. The van der Waals surface area contributed by atoms with E-state index in [2.05, 4.69) is 52.6 Å². The first kappa shape index (κ1) is 18.1. The molecule has 0 bridgehead atoms. The van der Waals surface area contributed by atoms with Crippen molar-refractivity contribution >= 4 is 14.1 Å². The monoisotopic (exact) mass is 346 g/mol. The molecule has 1 unspecified atom stereocenters. The Labute approximate surface area is 148 Å². The first-order valence-corrected chi connectivity index (χ1v) is 12.4. The second-order valence-electron chi connectivity index (χ2n) is 9.89. The molecule has 24 heavy (non-hydrogen) atoms. The maximum absolute atomic E-state index is 13.2. The first-order chi connectivity index (χ1) is 11.0. The Hall–Kier alpha value is -0.673. The summed E-state index contributed by atoms with van der Waals surface area (Å²) in [5, 5.41) is 0.199. The molecule has 2 fully saturated rings. The highest BCUT2D eigenvalue weighted by molar-refractivity contribution is 6.74. The van der Waals surface area contributed by atoms with Crippen LogP contribution in [-0.2, 0) is 9.22 Å². The van der Waals surface area contributed by atoms with Crippen LogP contribution in [0.2, 0.25) is 18.1 Å². The highest BCUT2D eigenvalue weighted by atomic mass is 28.4. The van der Waals surface area contributed by atoms with E-state index in [0.29, 0.717) is 17.6 Å². The van der Waals surface area contributed by atoms with Crippen molar-refractivity contribution in [3.8, 4) is 0 Å². The van der Waals surface area contributed by atoms with Crippen LogP contribution in [0, 0.1) is 22.7 Å². The summed E-state index contributed by atoms with van der Waals surface area (Å²) < 4.78 is 6.72. The summed E-state index contributed by atoms with van der Waals surface area (Å²) in [5.41, 5.74) is 0.764. The van der Waals surface area contributed by atoms with Crippen LogP contribution < -0.4 is 0 Å². The molecule has 0 aromatic heterocycles. The van der Waals surface area contributed by atoms with Crippen molar-refractivity contribution in [1.82, 2.24) is 0 Å². The standard InChI is InChI=1S/C21H34O2Si/c1-8-16-13-17-12-15(2)18(22)21(17)11-9-10-20(16,21)14-23-24(6,7)19(3,4)5/h8,12,16-17H,1,9-11,13-14H2,2-7H3/t16-,17+,20-,21?/m0/s1. The molecule has 0 heterocycles. The number of hydrogen-bond donors (Lipinski definition) is 0. The number of hydrogen-bond acceptors (Lipinski definition) is 2. The van der Waals surface area contributed by atoms with Gasteiger partial charge in [-0.2, -0.15) is 0 Å². The highest BCUT2D eigenvalue weighted by Crippen LogP contribution is 2.71. The zero-order valence-electron chi connectivity index (χ0n) is 16.4. The van der Waals surface area contributed by atoms with Gasteiger partial charge in [0.05, 0.1) is 0 Å². The van der Waals surface area contributed by atoms with E-state index in [1.165, 1.54) is 0 Å². The summed E-state index contributed by atoms with van der Waals surface area (Å²) in [5.74, 6) is 1.22. The Balaban J connectivity index is 1.97. The lowest BCUT2D eigenvalue weighted by molar-refractivity contribution is -0.132. The summed E-state index contributed by atoms with van der Waals surface area (Å²) in [6, 6.07) is 0. The molecule has 0 aromatic carbocycles. The van der Waals surface area contributed by atoms with Gasteiger partial charge in [0.25, 0.3) is 0 Å². The van der Waals surface area contributed by atoms with Crippen LogP contribution in [0.3, 0.4) is 0 Å². The van der Waals surface area contributed by atoms with Crippen LogP contribution >= 0.6 is 0 Å². The average Bonchev–Trinajstić information content (AvgIpc) is 3.05. The minimum Gasteiger partial charge on any atom is -0.416 e. The van der Waals surface area contributed by atoms with Crippen molar-refractivity contribution in [3.63, 3.8) is 0 Å². The maximum atomic E-state index is 13.2. The van der Waals surface area contributed by atoms with Gasteiger partial charge in [-0.25, -0.2) is 0 Å². The van der Waals surface area contributed by atoms with Crippen molar-refractivity contribution in [2.24, 2.45) is 22.7 Å². The molecule has 0 N–H and O–H groups in total. The largest absolute Gasteiger partial charge is 0.416 e. The molecule has 2 saturated carbocycles. The van der Waals surface area contributed by atoms with Crippen molar-refractivity contribution < 1.29 is 9.22 Å². The molecule has 3 rings (SSSR count). The minimum absolute atomic E-state index is 0.0275. The molecular weight excluding hydrogens is 312 g/mol. The number of allylic oxidation sites excluding steroid dienone is 3. The molecule has 0 radical (unpaired) electrons. The average molecular weight is 347 g/mol. The summed E-state index contributed by atoms with van der Waals surface area (Å²) in [7, 11) is -1.83. The Morgan fingerprint density at radius 2 is 2.04 bits per heavy atom. The molecule has 2 nitrogen and oxygen atoms in total. The third-order valence-electron chi connectivity index (χ3n) is 7.93. The second-order valence-corrected chi connectivity index (χ2v) is 14.7. The lowest BCUT2D eigenvalue weighted by Gasteiger charge is -2.46. The van der Waals surface area contributed by atoms with Gasteiger partial charge in [0, 0.05) is 17.4 Å². The van der Waals surface area contributed by atoms with Gasteiger partial charge in [0.15, 0.2) is 14.1 Å². The predicted molar refractivity (Wildman–Crippen MR) is 102 cm³/mol. The zero-order chi connectivity index (χ0) is 18.0. The first-order valence-electron chi connectivity index (χ1n) is 9.52. The molecule has 3 aliphatic carbocycles. The Morgan fingerprint density at radius 3 is 2.62 bits per heavy atom. The number of carbonyl (C=O) groups excluding carboxylic acids is 1. The van der Waals surface area contributed by atoms with Gasteiger partial charge < -0.3 is 4.43 Å². The number of rotatable bonds is 4. The van der Waals surface area contributed by atoms with Gasteiger partial charge in [0.2, 0.25) is 0 Å². The topological polar surface area (TPSA) is 26.3 Å². The van der Waals surface area contributed by atoms with Crippen LogP contribution in [0.1, 0.15) is 53.4 Å². The molecule has 4 atom stereocenters. The molecule has 1 spiro atoms. The molecular formula is C21H34O2Si. The zero-order valence-corrected chi connectivity index (χ0v) is 17.4. The molecule has 3 aliphatic rings. The van der Waals surface area contributed by atoms with Crippen molar-refractivity contribution in [1.29, 1.82) is 0 Å². The van der Waals surface area contributed by atoms with Crippen molar-refractivity contribution in [3.05, 3.63) is 24.3 Å². The van der Waals surface area contributed by atoms with Gasteiger partial charge in [-0.1, -0.05) is 39.3 Å². The van der Waals surface area contributed by atoms with E-state index in [9.17, 15) is 4.79 Å². The van der Waals surface area contributed by atoms with Gasteiger partial charge in [0.1, 0.15) is 0 Å². The Kier molecular flexibility index (Phi) is 4.09. The fourth-order valence-corrected chi connectivity index (χ4v) is 6.58. The molecule has 0 saturated heterocycles. The van der Waals surface area contributed by atoms with E-state index in [1.807, 2.05) is 6.92 Å². The molecule has 0 aliphatic heterocycles. The third-order valence-corrected chi connectivity index (χ3v) is 12.4. The normalized spacial score (nSPS) is 38.9. The lowest BCUT2D eigenvalue weighted by atomic mass is 9.61. The predicted octanol–water partition coefficient (Wildman–Crippen LogP) is 5.52. The molecule has 134 valence electrons. The van der Waals surface area contributed by atoms with Crippen LogP contribution in [-0.4, -0.2) is 20.7 Å². The quantitative estimate of drug-likeness (QED) is 0.495. The van der Waals surface area contributed by atoms with Gasteiger partial charge in [-0.05, 0) is 61.7 Å². The van der Waals surface area contributed by atoms with Crippen LogP contribution in [0.15, 0.2) is 24.3 Å². The summed E-state index contributed by atoms with van der Waals surface area (Å²) in [6.07, 6.45) is 8.76. The Bertz CT molecular complexity index is 597. The van der Waals surface area contributed by atoms with Crippen molar-refractivity contribution in [2.75, 3.05) is 6.61 Å². The van der Waals surface area contributed by atoms with Gasteiger partial charge in [-0.3, -0.25) is 4.79 Å². The Morgan fingerprint density at radius 1 is 1.38 bits per heavy atom. The minimum atomic E-state index is -1.83. The fourth-order valence-electron chi connectivity index (χ4n) is 5.53. The van der Waals surface area contributed by atoms with E-state index < -0.39 is 8.32 Å². The van der Waals surface area contributed by atoms with Gasteiger partial charge in [-0.15, -0.1) is 6.58 Å². The third kappa shape index (κ3) is 2.13. The molecule has 0 aromatic rings. The fraction of sp³-hybridized carbons (Fsp3) is 0.762. The van der Waals surface area contributed by atoms with Gasteiger partial charge >= 0.3 is 0 Å². The molecule has 0 amide bonds.